The van der Waals surface area contributed by atoms with Gasteiger partial charge >= 0.3 is 0 Å². The molecule has 2 atom stereocenters. The van der Waals surface area contributed by atoms with Gasteiger partial charge in [0.1, 0.15) is 30.2 Å². The van der Waals surface area contributed by atoms with Crippen LogP contribution >= 0.6 is 0 Å². The predicted octanol–water partition coefficient (Wildman–Crippen LogP) is 0.931. The van der Waals surface area contributed by atoms with Crippen LogP contribution < -0.4 is 10.2 Å². The van der Waals surface area contributed by atoms with E-state index in [0.717, 1.165) is 36.7 Å². The molecule has 1 aromatic heterocycles. The van der Waals surface area contributed by atoms with Gasteiger partial charge in [-0.2, -0.15) is 0 Å². The van der Waals surface area contributed by atoms with Crippen molar-refractivity contribution in [1.82, 2.24) is 9.97 Å². The van der Waals surface area contributed by atoms with Crippen LogP contribution in [-0.4, -0.2) is 56.5 Å². The van der Waals surface area contributed by atoms with Crippen molar-refractivity contribution in [3.05, 3.63) is 11.9 Å². The molecule has 1 aromatic rings. The number of nitrogens with zero attached hydrogens (tertiary/aromatic N) is 3. The molecule has 1 saturated heterocycles. The van der Waals surface area contributed by atoms with Gasteiger partial charge in [0.15, 0.2) is 0 Å². The second kappa shape index (κ2) is 6.16. The van der Waals surface area contributed by atoms with E-state index in [1.165, 1.54) is 0 Å². The summed E-state index contributed by atoms with van der Waals surface area (Å²) in [5.41, 5.74) is 1.14. The smallest absolute Gasteiger partial charge is 0.137 e. The standard InChI is InChI=1S/C13H22N4O2/c1-5-9-12(14-2)15-8-16-13(9)17-6-10(18-3)11(7-17)19-4/h8,10-11H,5-7H2,1-4H3,(H,14,15,16). The van der Waals surface area contributed by atoms with Crippen molar-refractivity contribution >= 4 is 11.6 Å². The van der Waals surface area contributed by atoms with E-state index in [1.807, 2.05) is 7.05 Å². The van der Waals surface area contributed by atoms with Crippen LogP contribution in [0.3, 0.4) is 0 Å². The molecule has 1 N–H and O–H groups in total. The maximum Gasteiger partial charge on any atom is 0.137 e. The third-order valence-electron chi connectivity index (χ3n) is 3.63. The summed E-state index contributed by atoms with van der Waals surface area (Å²) in [6.07, 6.45) is 2.66. The number of anilines is 2. The molecule has 1 aliphatic heterocycles. The minimum Gasteiger partial charge on any atom is -0.377 e. The summed E-state index contributed by atoms with van der Waals surface area (Å²) < 4.78 is 10.9. The number of hydrogen-bond donors (Lipinski definition) is 1. The molecule has 0 spiro atoms. The fourth-order valence-corrected chi connectivity index (χ4v) is 2.59. The summed E-state index contributed by atoms with van der Waals surface area (Å²) in [6, 6.07) is 0. The van der Waals surface area contributed by atoms with Crippen molar-refractivity contribution in [3.63, 3.8) is 0 Å². The van der Waals surface area contributed by atoms with E-state index in [1.54, 1.807) is 20.5 Å². The Morgan fingerprint density at radius 2 is 1.89 bits per heavy atom. The zero-order chi connectivity index (χ0) is 13.8. The monoisotopic (exact) mass is 266 g/mol. The van der Waals surface area contributed by atoms with Crippen molar-refractivity contribution < 1.29 is 9.47 Å². The average Bonchev–Trinajstić information content (AvgIpc) is 2.89. The summed E-state index contributed by atoms with van der Waals surface area (Å²) >= 11 is 0. The zero-order valence-corrected chi connectivity index (χ0v) is 12.0. The van der Waals surface area contributed by atoms with Crippen LogP contribution in [0.5, 0.6) is 0 Å². The Kier molecular flexibility index (Phi) is 4.55. The molecule has 0 aliphatic carbocycles. The Morgan fingerprint density at radius 3 is 2.37 bits per heavy atom. The Bertz CT molecular complexity index is 415. The molecule has 0 aromatic carbocycles. The lowest BCUT2D eigenvalue weighted by atomic mass is 10.2. The molecule has 2 unspecified atom stereocenters. The lowest BCUT2D eigenvalue weighted by molar-refractivity contribution is -0.00461. The van der Waals surface area contributed by atoms with E-state index in [0.29, 0.717) is 0 Å². The molecule has 0 bridgehead atoms. The molecule has 1 fully saturated rings. The molecule has 0 radical (unpaired) electrons. The second-order valence-electron chi connectivity index (χ2n) is 4.58. The van der Waals surface area contributed by atoms with Gasteiger partial charge in [0.05, 0.1) is 0 Å². The number of aromatic nitrogens is 2. The summed E-state index contributed by atoms with van der Waals surface area (Å²) in [5, 5.41) is 3.12. The van der Waals surface area contributed by atoms with Gasteiger partial charge in [-0.25, -0.2) is 9.97 Å². The summed E-state index contributed by atoms with van der Waals surface area (Å²) in [6.45, 7) is 3.70. The molecule has 1 aliphatic rings. The fraction of sp³-hybridized carbons (Fsp3) is 0.692. The first-order chi connectivity index (χ1) is 9.24. The molecule has 2 rings (SSSR count). The normalized spacial score (nSPS) is 22.8. The highest BCUT2D eigenvalue weighted by Gasteiger charge is 2.34. The number of methoxy groups -OCH3 is 2. The molecular formula is C13H22N4O2. The Balaban J connectivity index is 2.28. The van der Waals surface area contributed by atoms with E-state index < -0.39 is 0 Å². The highest BCUT2D eigenvalue weighted by atomic mass is 16.5. The lowest BCUT2D eigenvalue weighted by Gasteiger charge is -2.21. The first kappa shape index (κ1) is 14.0. The first-order valence-corrected chi connectivity index (χ1v) is 6.57. The molecule has 0 saturated carbocycles. The number of nitrogens with one attached hydrogen (secondary N) is 1. The molecular weight excluding hydrogens is 244 g/mol. The lowest BCUT2D eigenvalue weighted by Crippen LogP contribution is -2.27. The minimum absolute atomic E-state index is 0.0858. The maximum absolute atomic E-state index is 5.47. The summed E-state index contributed by atoms with van der Waals surface area (Å²) in [4.78, 5) is 10.9. The predicted molar refractivity (Wildman–Crippen MR) is 74.8 cm³/mol. The van der Waals surface area contributed by atoms with E-state index in [4.69, 9.17) is 9.47 Å². The molecule has 2 heterocycles. The van der Waals surface area contributed by atoms with Gasteiger partial charge in [0.2, 0.25) is 0 Å². The number of rotatable bonds is 5. The van der Waals surface area contributed by atoms with Crippen LogP contribution in [0.25, 0.3) is 0 Å². The van der Waals surface area contributed by atoms with Gasteiger partial charge in [-0.3, -0.25) is 0 Å². The van der Waals surface area contributed by atoms with Crippen LogP contribution in [0, 0.1) is 0 Å². The quantitative estimate of drug-likeness (QED) is 0.855. The minimum atomic E-state index is 0.0858. The molecule has 19 heavy (non-hydrogen) atoms. The highest BCUT2D eigenvalue weighted by Crippen LogP contribution is 2.28. The largest absolute Gasteiger partial charge is 0.377 e. The van der Waals surface area contributed by atoms with Crippen LogP contribution in [0.1, 0.15) is 12.5 Å². The van der Waals surface area contributed by atoms with Gasteiger partial charge in [-0.15, -0.1) is 0 Å². The van der Waals surface area contributed by atoms with Crippen LogP contribution in [-0.2, 0) is 15.9 Å². The molecule has 6 nitrogen and oxygen atoms in total. The first-order valence-electron chi connectivity index (χ1n) is 6.57. The SMILES string of the molecule is CCc1c(NC)ncnc1N1CC(OC)C(OC)C1. The molecule has 106 valence electrons. The van der Waals surface area contributed by atoms with Gasteiger partial charge < -0.3 is 19.7 Å². The van der Waals surface area contributed by atoms with Crippen LogP contribution in [0.2, 0.25) is 0 Å². The molecule has 6 heteroatoms. The topological polar surface area (TPSA) is 59.5 Å². The summed E-state index contributed by atoms with van der Waals surface area (Å²) in [5.74, 6) is 1.87. The fourth-order valence-electron chi connectivity index (χ4n) is 2.59. The molecule has 0 amide bonds. The number of hydrogen-bond acceptors (Lipinski definition) is 6. The third-order valence-corrected chi connectivity index (χ3v) is 3.63. The van der Waals surface area contributed by atoms with Crippen molar-refractivity contribution in [2.45, 2.75) is 25.6 Å². The Labute approximate surface area is 114 Å². The van der Waals surface area contributed by atoms with Crippen molar-refractivity contribution in [2.75, 3.05) is 44.6 Å². The van der Waals surface area contributed by atoms with Gasteiger partial charge in [0.25, 0.3) is 0 Å². The van der Waals surface area contributed by atoms with Crippen molar-refractivity contribution in [3.8, 4) is 0 Å². The van der Waals surface area contributed by atoms with Gasteiger partial charge in [0, 0.05) is 39.9 Å². The van der Waals surface area contributed by atoms with Crippen molar-refractivity contribution in [1.29, 1.82) is 0 Å². The zero-order valence-electron chi connectivity index (χ0n) is 12.0. The third kappa shape index (κ3) is 2.64. The Morgan fingerprint density at radius 1 is 1.26 bits per heavy atom. The maximum atomic E-state index is 5.47. The van der Waals surface area contributed by atoms with Crippen LogP contribution in [0.15, 0.2) is 6.33 Å². The van der Waals surface area contributed by atoms with Gasteiger partial charge in [-0.05, 0) is 6.42 Å². The second-order valence-corrected chi connectivity index (χ2v) is 4.58. The van der Waals surface area contributed by atoms with E-state index in [2.05, 4.69) is 27.1 Å². The average molecular weight is 266 g/mol. The van der Waals surface area contributed by atoms with E-state index >= 15 is 0 Å². The number of ether oxygens (including phenoxy) is 2. The van der Waals surface area contributed by atoms with E-state index in [9.17, 15) is 0 Å². The van der Waals surface area contributed by atoms with E-state index in [-0.39, 0.29) is 12.2 Å². The Hall–Kier alpha value is -1.40. The van der Waals surface area contributed by atoms with Crippen molar-refractivity contribution in [2.24, 2.45) is 0 Å². The highest BCUT2D eigenvalue weighted by molar-refractivity contribution is 5.59. The van der Waals surface area contributed by atoms with Gasteiger partial charge in [-0.1, -0.05) is 6.92 Å². The van der Waals surface area contributed by atoms with Crippen LogP contribution in [0.4, 0.5) is 11.6 Å². The summed E-state index contributed by atoms with van der Waals surface area (Å²) in [7, 11) is 5.32.